The number of halogens is 2. The van der Waals surface area contributed by atoms with Gasteiger partial charge in [-0.25, -0.2) is 4.98 Å². The Morgan fingerprint density at radius 3 is 2.34 bits per heavy atom. The second-order valence-corrected chi connectivity index (χ2v) is 7.73. The monoisotopic (exact) mass is 440 g/mol. The van der Waals surface area contributed by atoms with Crippen molar-refractivity contribution in [3.63, 3.8) is 0 Å². The molecule has 1 N–H and O–H groups in total. The highest BCUT2D eigenvalue weighted by molar-refractivity contribution is 7.14. The van der Waals surface area contributed by atoms with E-state index < -0.39 is 0 Å². The molecule has 0 aliphatic rings. The van der Waals surface area contributed by atoms with Crippen LogP contribution in [0.4, 0.5) is 5.13 Å². The molecule has 0 spiro atoms. The molecule has 0 fully saturated rings. The summed E-state index contributed by atoms with van der Waals surface area (Å²) >= 11 is 13.4. The molecule has 4 nitrogen and oxygen atoms in total. The molecule has 0 radical (unpaired) electrons. The van der Waals surface area contributed by atoms with E-state index in [-0.39, 0.29) is 5.91 Å². The van der Waals surface area contributed by atoms with Gasteiger partial charge >= 0.3 is 0 Å². The molecular weight excluding hydrogens is 427 g/mol. The Morgan fingerprint density at radius 1 is 0.897 bits per heavy atom. The van der Waals surface area contributed by atoms with Gasteiger partial charge in [0.15, 0.2) is 5.13 Å². The average Bonchev–Trinajstić information content (AvgIpc) is 3.20. The lowest BCUT2D eigenvalue weighted by Crippen LogP contribution is -2.11. The van der Waals surface area contributed by atoms with Gasteiger partial charge in [0.2, 0.25) is 0 Å². The molecule has 0 unspecified atom stereocenters. The Labute approximate surface area is 181 Å². The number of carbonyl (C=O) groups is 1. The van der Waals surface area contributed by atoms with E-state index in [2.05, 4.69) is 10.3 Å². The number of rotatable bonds is 5. The van der Waals surface area contributed by atoms with Gasteiger partial charge in [-0.1, -0.05) is 47.5 Å². The smallest absolute Gasteiger partial charge is 0.257 e. The number of hydrogen-bond donors (Lipinski definition) is 1. The van der Waals surface area contributed by atoms with E-state index in [1.54, 1.807) is 36.4 Å². The van der Waals surface area contributed by atoms with Crippen LogP contribution in [-0.4, -0.2) is 10.9 Å². The Bertz CT molecular complexity index is 1150. The van der Waals surface area contributed by atoms with E-state index in [0.29, 0.717) is 26.5 Å². The van der Waals surface area contributed by atoms with Crippen molar-refractivity contribution in [3.8, 4) is 22.8 Å². The van der Waals surface area contributed by atoms with Crippen molar-refractivity contribution in [1.82, 2.24) is 4.98 Å². The van der Waals surface area contributed by atoms with Crippen molar-refractivity contribution in [2.45, 2.75) is 0 Å². The number of carbonyl (C=O) groups excluding carboxylic acids is 1. The first kappa shape index (κ1) is 19.5. The summed E-state index contributed by atoms with van der Waals surface area (Å²) in [5.74, 6) is 1.15. The predicted molar refractivity (Wildman–Crippen MR) is 118 cm³/mol. The highest BCUT2D eigenvalue weighted by Gasteiger charge is 2.11. The van der Waals surface area contributed by atoms with Gasteiger partial charge in [-0.05, 0) is 48.5 Å². The second kappa shape index (κ2) is 8.66. The number of anilines is 1. The lowest BCUT2D eigenvalue weighted by atomic mass is 10.2. The molecule has 1 heterocycles. The van der Waals surface area contributed by atoms with Crippen molar-refractivity contribution in [1.29, 1.82) is 0 Å². The summed E-state index contributed by atoms with van der Waals surface area (Å²) in [6.45, 7) is 0. The molecule has 144 valence electrons. The first-order valence-electron chi connectivity index (χ1n) is 8.64. The predicted octanol–water partition coefficient (Wildman–Crippen LogP) is 7.16. The van der Waals surface area contributed by atoms with Gasteiger partial charge in [-0.15, -0.1) is 11.3 Å². The lowest BCUT2D eigenvalue weighted by Gasteiger charge is -2.06. The van der Waals surface area contributed by atoms with Crippen LogP contribution in [0.2, 0.25) is 10.0 Å². The first-order valence-corrected chi connectivity index (χ1v) is 10.3. The van der Waals surface area contributed by atoms with Crippen LogP contribution in [0.15, 0.2) is 78.2 Å². The Balaban J connectivity index is 1.43. The number of ether oxygens (including phenoxy) is 1. The topological polar surface area (TPSA) is 51.2 Å². The van der Waals surface area contributed by atoms with Crippen LogP contribution in [0, 0.1) is 0 Å². The summed E-state index contributed by atoms with van der Waals surface area (Å²) in [6, 6.07) is 21.7. The maximum absolute atomic E-state index is 12.5. The van der Waals surface area contributed by atoms with E-state index in [1.807, 2.05) is 41.8 Å². The third-order valence-electron chi connectivity index (χ3n) is 4.04. The number of hydrogen-bond acceptors (Lipinski definition) is 4. The van der Waals surface area contributed by atoms with Crippen LogP contribution < -0.4 is 10.1 Å². The van der Waals surface area contributed by atoms with Crippen LogP contribution in [0.25, 0.3) is 11.3 Å². The van der Waals surface area contributed by atoms with Crippen molar-refractivity contribution in [3.05, 3.63) is 93.8 Å². The van der Waals surface area contributed by atoms with Gasteiger partial charge in [-0.2, -0.15) is 0 Å². The fraction of sp³-hybridized carbons (Fsp3) is 0. The zero-order valence-corrected chi connectivity index (χ0v) is 17.3. The van der Waals surface area contributed by atoms with Gasteiger partial charge < -0.3 is 4.74 Å². The fourth-order valence-electron chi connectivity index (χ4n) is 2.59. The van der Waals surface area contributed by atoms with Crippen LogP contribution in [0.3, 0.4) is 0 Å². The molecular formula is C22H14Cl2N2O2S. The summed E-state index contributed by atoms with van der Waals surface area (Å²) in [4.78, 5) is 17.0. The zero-order chi connectivity index (χ0) is 20.2. The highest BCUT2D eigenvalue weighted by atomic mass is 35.5. The van der Waals surface area contributed by atoms with Crippen molar-refractivity contribution >= 4 is 45.6 Å². The molecule has 0 aliphatic carbocycles. The Kier molecular flexibility index (Phi) is 5.81. The second-order valence-electron chi connectivity index (χ2n) is 6.06. The van der Waals surface area contributed by atoms with Crippen LogP contribution >= 0.6 is 34.5 Å². The number of amides is 1. The molecule has 0 saturated carbocycles. The molecule has 0 atom stereocenters. The molecule has 4 rings (SSSR count). The van der Waals surface area contributed by atoms with E-state index in [0.717, 1.165) is 17.0 Å². The number of thiazole rings is 1. The number of nitrogens with zero attached hydrogens (tertiary/aromatic N) is 1. The molecule has 0 bridgehead atoms. The van der Waals surface area contributed by atoms with Gasteiger partial charge in [0.1, 0.15) is 11.5 Å². The Hall–Kier alpha value is -2.86. The van der Waals surface area contributed by atoms with Crippen molar-refractivity contribution < 1.29 is 9.53 Å². The quantitative estimate of drug-likeness (QED) is 0.358. The van der Waals surface area contributed by atoms with E-state index in [4.69, 9.17) is 27.9 Å². The van der Waals surface area contributed by atoms with Gasteiger partial charge in [0.25, 0.3) is 5.91 Å². The number of benzene rings is 3. The van der Waals surface area contributed by atoms with Gasteiger partial charge in [0, 0.05) is 16.5 Å². The average molecular weight is 441 g/mol. The van der Waals surface area contributed by atoms with Crippen molar-refractivity contribution in [2.24, 2.45) is 0 Å². The van der Waals surface area contributed by atoms with Crippen LogP contribution in [0.5, 0.6) is 11.5 Å². The molecule has 1 amide bonds. The third kappa shape index (κ3) is 4.77. The maximum Gasteiger partial charge on any atom is 0.257 e. The number of nitrogens with one attached hydrogen (secondary N) is 1. The molecule has 7 heteroatoms. The minimum Gasteiger partial charge on any atom is -0.457 e. The largest absolute Gasteiger partial charge is 0.457 e. The van der Waals surface area contributed by atoms with Crippen LogP contribution in [-0.2, 0) is 0 Å². The summed E-state index contributed by atoms with van der Waals surface area (Å²) < 4.78 is 5.74. The molecule has 4 aromatic rings. The van der Waals surface area contributed by atoms with E-state index in [9.17, 15) is 4.79 Å². The molecule has 3 aromatic carbocycles. The van der Waals surface area contributed by atoms with E-state index >= 15 is 0 Å². The molecule has 1 aromatic heterocycles. The van der Waals surface area contributed by atoms with Gasteiger partial charge in [-0.3, -0.25) is 10.1 Å². The Morgan fingerprint density at radius 2 is 1.62 bits per heavy atom. The highest BCUT2D eigenvalue weighted by Crippen LogP contribution is 2.30. The normalized spacial score (nSPS) is 10.6. The fourth-order valence-corrected chi connectivity index (χ4v) is 3.60. The summed E-state index contributed by atoms with van der Waals surface area (Å²) in [5.41, 5.74) is 2.06. The van der Waals surface area contributed by atoms with Crippen LogP contribution in [0.1, 0.15) is 10.4 Å². The number of aromatic nitrogens is 1. The zero-order valence-electron chi connectivity index (χ0n) is 14.9. The molecule has 0 aliphatic heterocycles. The maximum atomic E-state index is 12.5. The summed E-state index contributed by atoms with van der Waals surface area (Å²) in [5, 5.41) is 6.11. The standard InChI is InChI=1S/C22H14Cl2N2O2S/c23-18-11-8-15(12-19(18)24)20-13-29-22(25-20)26-21(27)14-6-9-17(10-7-14)28-16-4-2-1-3-5-16/h1-13H,(H,25,26,27). The summed E-state index contributed by atoms with van der Waals surface area (Å²) in [7, 11) is 0. The van der Waals surface area contributed by atoms with Crippen molar-refractivity contribution in [2.75, 3.05) is 5.32 Å². The van der Waals surface area contributed by atoms with E-state index in [1.165, 1.54) is 11.3 Å². The van der Waals surface area contributed by atoms with Gasteiger partial charge in [0.05, 0.1) is 15.7 Å². The summed E-state index contributed by atoms with van der Waals surface area (Å²) in [6.07, 6.45) is 0. The SMILES string of the molecule is O=C(Nc1nc(-c2ccc(Cl)c(Cl)c2)cs1)c1ccc(Oc2ccccc2)cc1. The molecule has 29 heavy (non-hydrogen) atoms. The minimum atomic E-state index is -0.244. The lowest BCUT2D eigenvalue weighted by molar-refractivity contribution is 0.102. The number of para-hydroxylation sites is 1. The first-order chi connectivity index (χ1) is 14.1. The minimum absolute atomic E-state index is 0.244. The molecule has 0 saturated heterocycles. The third-order valence-corrected chi connectivity index (χ3v) is 5.53.